The molecule has 0 spiro atoms. The van der Waals surface area contributed by atoms with Crippen LogP contribution in [-0.4, -0.2) is 11.0 Å². The van der Waals surface area contributed by atoms with Crippen LogP contribution in [0, 0.1) is 18.8 Å². The van der Waals surface area contributed by atoms with Gasteiger partial charge < -0.3 is 9.73 Å². The number of aromatic nitrogens is 1. The van der Waals surface area contributed by atoms with Gasteiger partial charge in [0.1, 0.15) is 5.76 Å². The SMILES string of the molecule is Cc1cnc(CNC2CCCC(CC(C)C)C2)o1. The molecule has 102 valence electrons. The van der Waals surface area contributed by atoms with Crippen LogP contribution >= 0.6 is 0 Å². The summed E-state index contributed by atoms with van der Waals surface area (Å²) >= 11 is 0. The van der Waals surface area contributed by atoms with Gasteiger partial charge in [-0.2, -0.15) is 0 Å². The van der Waals surface area contributed by atoms with Crippen molar-refractivity contribution in [2.24, 2.45) is 11.8 Å². The molecule has 3 heteroatoms. The maximum absolute atomic E-state index is 5.49. The fourth-order valence-corrected chi connectivity index (χ4v) is 3.07. The Labute approximate surface area is 110 Å². The summed E-state index contributed by atoms with van der Waals surface area (Å²) in [6, 6.07) is 0.648. The first-order valence-electron chi connectivity index (χ1n) is 7.28. The van der Waals surface area contributed by atoms with Crippen molar-refractivity contribution in [3.05, 3.63) is 17.8 Å². The molecule has 0 aromatic carbocycles. The van der Waals surface area contributed by atoms with Crippen LogP contribution in [0.4, 0.5) is 0 Å². The number of aryl methyl sites for hydroxylation is 1. The fraction of sp³-hybridized carbons (Fsp3) is 0.800. The van der Waals surface area contributed by atoms with E-state index in [2.05, 4.69) is 24.1 Å². The normalized spacial score (nSPS) is 24.7. The van der Waals surface area contributed by atoms with E-state index in [0.717, 1.165) is 30.0 Å². The summed E-state index contributed by atoms with van der Waals surface area (Å²) in [5.41, 5.74) is 0. The first kappa shape index (κ1) is 13.6. The van der Waals surface area contributed by atoms with E-state index in [1.807, 2.05) is 6.92 Å². The second-order valence-corrected chi connectivity index (χ2v) is 6.10. The van der Waals surface area contributed by atoms with Gasteiger partial charge in [0.25, 0.3) is 0 Å². The van der Waals surface area contributed by atoms with Crippen molar-refractivity contribution in [3.63, 3.8) is 0 Å². The molecule has 0 saturated heterocycles. The highest BCUT2D eigenvalue weighted by Crippen LogP contribution is 2.29. The molecule has 1 aliphatic rings. The van der Waals surface area contributed by atoms with Gasteiger partial charge in [-0.15, -0.1) is 0 Å². The molecule has 1 aromatic heterocycles. The molecule has 1 saturated carbocycles. The van der Waals surface area contributed by atoms with Gasteiger partial charge in [-0.3, -0.25) is 0 Å². The molecule has 3 nitrogen and oxygen atoms in total. The third-order valence-electron chi connectivity index (χ3n) is 3.80. The summed E-state index contributed by atoms with van der Waals surface area (Å²) in [6.07, 6.45) is 8.55. The molecule has 2 unspecified atom stereocenters. The predicted octanol–water partition coefficient (Wildman–Crippen LogP) is 3.68. The molecule has 0 amide bonds. The third kappa shape index (κ3) is 4.13. The number of hydrogen-bond acceptors (Lipinski definition) is 3. The topological polar surface area (TPSA) is 38.1 Å². The lowest BCUT2D eigenvalue weighted by atomic mass is 9.81. The minimum atomic E-state index is 0.648. The van der Waals surface area contributed by atoms with Crippen LogP contribution in [0.15, 0.2) is 10.6 Å². The van der Waals surface area contributed by atoms with Crippen LogP contribution in [0.1, 0.15) is 57.6 Å². The van der Waals surface area contributed by atoms with Gasteiger partial charge in [-0.05, 0) is 38.0 Å². The van der Waals surface area contributed by atoms with Crippen molar-refractivity contribution in [1.29, 1.82) is 0 Å². The lowest BCUT2D eigenvalue weighted by Gasteiger charge is -2.30. The summed E-state index contributed by atoms with van der Waals surface area (Å²) in [7, 11) is 0. The van der Waals surface area contributed by atoms with Crippen LogP contribution < -0.4 is 5.32 Å². The summed E-state index contributed by atoms with van der Waals surface area (Å²) in [5.74, 6) is 3.44. The highest BCUT2D eigenvalue weighted by molar-refractivity contribution is 4.91. The Morgan fingerprint density at radius 3 is 2.94 bits per heavy atom. The smallest absolute Gasteiger partial charge is 0.208 e. The van der Waals surface area contributed by atoms with Gasteiger partial charge in [-0.25, -0.2) is 4.98 Å². The van der Waals surface area contributed by atoms with Gasteiger partial charge in [0, 0.05) is 6.04 Å². The Bertz CT molecular complexity index is 359. The summed E-state index contributed by atoms with van der Waals surface area (Å²) in [5, 5.41) is 3.60. The Hall–Kier alpha value is -0.830. The molecule has 0 aliphatic heterocycles. The summed E-state index contributed by atoms with van der Waals surface area (Å²) in [6.45, 7) is 7.36. The van der Waals surface area contributed by atoms with Gasteiger partial charge in [0.05, 0.1) is 12.7 Å². The largest absolute Gasteiger partial charge is 0.445 e. The van der Waals surface area contributed by atoms with Crippen LogP contribution in [0.5, 0.6) is 0 Å². The zero-order chi connectivity index (χ0) is 13.0. The molecule has 1 aromatic rings. The molecule has 1 aliphatic carbocycles. The van der Waals surface area contributed by atoms with Crippen LogP contribution in [0.25, 0.3) is 0 Å². The van der Waals surface area contributed by atoms with E-state index in [0.29, 0.717) is 6.04 Å². The number of rotatable bonds is 5. The maximum Gasteiger partial charge on any atom is 0.208 e. The van der Waals surface area contributed by atoms with E-state index in [9.17, 15) is 0 Å². The minimum absolute atomic E-state index is 0.648. The van der Waals surface area contributed by atoms with Crippen molar-refractivity contribution < 1.29 is 4.42 Å². The zero-order valence-corrected chi connectivity index (χ0v) is 11.9. The molecule has 18 heavy (non-hydrogen) atoms. The standard InChI is InChI=1S/C15H26N2O/c1-11(2)7-13-5-4-6-14(8-13)16-10-15-17-9-12(3)18-15/h9,11,13-14,16H,4-8,10H2,1-3H3. The number of oxazole rings is 1. The Morgan fingerprint density at radius 2 is 2.28 bits per heavy atom. The molecule has 2 atom stereocenters. The van der Waals surface area contributed by atoms with Crippen LogP contribution in [0.2, 0.25) is 0 Å². The zero-order valence-electron chi connectivity index (χ0n) is 11.9. The predicted molar refractivity (Wildman–Crippen MR) is 73.3 cm³/mol. The van der Waals surface area contributed by atoms with Gasteiger partial charge in [-0.1, -0.05) is 26.7 Å². The molecule has 2 rings (SSSR count). The van der Waals surface area contributed by atoms with E-state index in [1.54, 1.807) is 6.20 Å². The molecule has 0 radical (unpaired) electrons. The quantitative estimate of drug-likeness (QED) is 0.866. The maximum atomic E-state index is 5.49. The second-order valence-electron chi connectivity index (χ2n) is 6.10. The van der Waals surface area contributed by atoms with E-state index >= 15 is 0 Å². The summed E-state index contributed by atoms with van der Waals surface area (Å²) in [4.78, 5) is 4.24. The molecular formula is C15H26N2O. The van der Waals surface area contributed by atoms with Crippen molar-refractivity contribution in [2.75, 3.05) is 0 Å². The average Bonchev–Trinajstić information content (AvgIpc) is 2.72. The molecule has 0 bridgehead atoms. The van der Waals surface area contributed by atoms with E-state index in [4.69, 9.17) is 4.42 Å². The molecule has 1 fully saturated rings. The van der Waals surface area contributed by atoms with Crippen LogP contribution in [-0.2, 0) is 6.54 Å². The first-order chi connectivity index (χ1) is 8.63. The first-order valence-corrected chi connectivity index (χ1v) is 7.28. The second kappa shape index (κ2) is 6.37. The lowest BCUT2D eigenvalue weighted by Crippen LogP contribution is -2.34. The van der Waals surface area contributed by atoms with Gasteiger partial charge in [0.15, 0.2) is 0 Å². The number of nitrogens with one attached hydrogen (secondary N) is 1. The minimum Gasteiger partial charge on any atom is -0.445 e. The van der Waals surface area contributed by atoms with Crippen LogP contribution in [0.3, 0.4) is 0 Å². The summed E-state index contributed by atoms with van der Waals surface area (Å²) < 4.78 is 5.49. The molecule has 1 heterocycles. The van der Waals surface area contributed by atoms with Crippen molar-refractivity contribution >= 4 is 0 Å². The van der Waals surface area contributed by atoms with Crippen molar-refractivity contribution in [3.8, 4) is 0 Å². The van der Waals surface area contributed by atoms with E-state index in [1.165, 1.54) is 32.1 Å². The Morgan fingerprint density at radius 1 is 1.44 bits per heavy atom. The highest BCUT2D eigenvalue weighted by atomic mass is 16.4. The average molecular weight is 250 g/mol. The molecule has 1 N–H and O–H groups in total. The van der Waals surface area contributed by atoms with Gasteiger partial charge >= 0.3 is 0 Å². The van der Waals surface area contributed by atoms with E-state index < -0.39 is 0 Å². The Balaban J connectivity index is 1.75. The third-order valence-corrected chi connectivity index (χ3v) is 3.80. The van der Waals surface area contributed by atoms with E-state index in [-0.39, 0.29) is 0 Å². The molecular weight excluding hydrogens is 224 g/mol. The van der Waals surface area contributed by atoms with Crippen molar-refractivity contribution in [1.82, 2.24) is 10.3 Å². The number of nitrogens with zero attached hydrogens (tertiary/aromatic N) is 1. The highest BCUT2D eigenvalue weighted by Gasteiger charge is 2.22. The number of hydrogen-bond donors (Lipinski definition) is 1. The monoisotopic (exact) mass is 250 g/mol. The van der Waals surface area contributed by atoms with Gasteiger partial charge in [0.2, 0.25) is 5.89 Å². The van der Waals surface area contributed by atoms with Crippen molar-refractivity contribution in [2.45, 2.75) is 65.5 Å². The Kier molecular flexibility index (Phi) is 4.81. The lowest BCUT2D eigenvalue weighted by molar-refractivity contribution is 0.247. The fourth-order valence-electron chi connectivity index (χ4n) is 3.07.